The van der Waals surface area contributed by atoms with Gasteiger partial charge in [0.15, 0.2) is 0 Å². The number of carbonyl (C=O) groups is 1. The minimum atomic E-state index is -0.159. The third kappa shape index (κ3) is 3.72. The molecule has 1 aromatic carbocycles. The Bertz CT molecular complexity index is 394. The number of halogens is 1. The summed E-state index contributed by atoms with van der Waals surface area (Å²) >= 11 is 5.21. The Morgan fingerprint density at radius 1 is 1.53 bits per heavy atom. The van der Waals surface area contributed by atoms with E-state index in [-0.39, 0.29) is 12.0 Å². The molecule has 0 spiro atoms. The monoisotopic (exact) mass is 315 g/mol. The average molecular weight is 316 g/mol. The van der Waals surface area contributed by atoms with Gasteiger partial charge in [0.05, 0.1) is 0 Å². The summed E-state index contributed by atoms with van der Waals surface area (Å²) in [4.78, 5) is 11.8. The molecule has 0 bridgehead atoms. The van der Waals surface area contributed by atoms with Crippen molar-refractivity contribution in [3.05, 3.63) is 34.3 Å². The van der Waals surface area contributed by atoms with E-state index in [1.54, 1.807) is 11.8 Å². The Kier molecular flexibility index (Phi) is 4.88. The van der Waals surface area contributed by atoms with Gasteiger partial charge in [-0.25, -0.2) is 0 Å². The first-order chi connectivity index (χ1) is 8.27. The van der Waals surface area contributed by atoms with E-state index in [0.29, 0.717) is 6.61 Å². The summed E-state index contributed by atoms with van der Waals surface area (Å²) in [7, 11) is 0. The van der Waals surface area contributed by atoms with E-state index in [2.05, 4.69) is 21.2 Å². The van der Waals surface area contributed by atoms with Crippen molar-refractivity contribution in [2.24, 2.45) is 0 Å². The predicted octanol–water partition coefficient (Wildman–Crippen LogP) is 2.20. The first kappa shape index (κ1) is 12.9. The van der Waals surface area contributed by atoms with Crippen molar-refractivity contribution in [1.29, 1.82) is 0 Å². The number of ether oxygens (including phenoxy) is 1. The fourth-order valence-corrected chi connectivity index (χ4v) is 2.90. The maximum Gasteiger partial charge on any atom is 0.324 e. The zero-order valence-corrected chi connectivity index (χ0v) is 11.7. The fourth-order valence-electron chi connectivity index (χ4n) is 1.58. The molecule has 0 aliphatic carbocycles. The van der Waals surface area contributed by atoms with Crippen molar-refractivity contribution in [1.82, 2.24) is 5.32 Å². The van der Waals surface area contributed by atoms with Crippen molar-refractivity contribution in [3.63, 3.8) is 0 Å². The molecule has 17 heavy (non-hydrogen) atoms. The standard InChI is InChI=1S/C12H14BrNO2S/c13-10-4-2-1-3-9(10)7-16-12(15)11-8-17-6-5-14-11/h1-4,11,14H,5-8H2. The van der Waals surface area contributed by atoms with Crippen molar-refractivity contribution >= 4 is 33.7 Å². The van der Waals surface area contributed by atoms with Gasteiger partial charge in [-0.05, 0) is 6.07 Å². The van der Waals surface area contributed by atoms with Crippen molar-refractivity contribution in [3.8, 4) is 0 Å². The normalized spacial score (nSPS) is 19.9. The third-order valence-corrected chi connectivity index (χ3v) is 4.37. The summed E-state index contributed by atoms with van der Waals surface area (Å²) < 4.78 is 6.27. The molecule has 1 atom stereocenters. The van der Waals surface area contributed by atoms with Gasteiger partial charge in [0.1, 0.15) is 12.6 Å². The number of carbonyl (C=O) groups excluding carboxylic acids is 1. The molecule has 2 rings (SSSR count). The van der Waals surface area contributed by atoms with Gasteiger partial charge in [-0.15, -0.1) is 0 Å². The Hall–Kier alpha value is -0.520. The van der Waals surface area contributed by atoms with Crippen LogP contribution in [0.1, 0.15) is 5.56 Å². The van der Waals surface area contributed by atoms with Gasteiger partial charge in [-0.2, -0.15) is 11.8 Å². The highest BCUT2D eigenvalue weighted by Gasteiger charge is 2.22. The number of benzene rings is 1. The highest BCUT2D eigenvalue weighted by atomic mass is 79.9. The highest BCUT2D eigenvalue weighted by molar-refractivity contribution is 9.10. The van der Waals surface area contributed by atoms with E-state index >= 15 is 0 Å². The summed E-state index contributed by atoms with van der Waals surface area (Å²) in [6, 6.07) is 7.60. The maximum absolute atomic E-state index is 11.8. The van der Waals surface area contributed by atoms with Crippen LogP contribution < -0.4 is 5.32 Å². The molecule has 1 unspecified atom stereocenters. The quantitative estimate of drug-likeness (QED) is 0.868. The van der Waals surface area contributed by atoms with Gasteiger partial charge in [-0.1, -0.05) is 34.1 Å². The molecular formula is C12H14BrNO2S. The lowest BCUT2D eigenvalue weighted by Crippen LogP contribution is -2.44. The molecule has 3 nitrogen and oxygen atoms in total. The Labute approximate surface area is 113 Å². The van der Waals surface area contributed by atoms with Crippen molar-refractivity contribution in [2.45, 2.75) is 12.6 Å². The van der Waals surface area contributed by atoms with Gasteiger partial charge in [0, 0.05) is 28.1 Å². The molecule has 0 saturated carbocycles. The van der Waals surface area contributed by atoms with Gasteiger partial charge in [-0.3, -0.25) is 4.79 Å². The summed E-state index contributed by atoms with van der Waals surface area (Å²) in [6.07, 6.45) is 0. The Morgan fingerprint density at radius 3 is 3.06 bits per heavy atom. The molecule has 0 aromatic heterocycles. The van der Waals surface area contributed by atoms with E-state index < -0.39 is 0 Å². The van der Waals surface area contributed by atoms with Crippen LogP contribution in [-0.4, -0.2) is 30.1 Å². The van der Waals surface area contributed by atoms with E-state index in [1.165, 1.54) is 0 Å². The third-order valence-electron chi connectivity index (χ3n) is 2.53. The number of rotatable bonds is 3. The fraction of sp³-hybridized carbons (Fsp3) is 0.417. The van der Waals surface area contributed by atoms with Crippen LogP contribution in [0.3, 0.4) is 0 Å². The van der Waals surface area contributed by atoms with E-state index in [4.69, 9.17) is 4.74 Å². The second kappa shape index (κ2) is 6.42. The highest BCUT2D eigenvalue weighted by Crippen LogP contribution is 2.17. The zero-order chi connectivity index (χ0) is 12.1. The molecule has 0 radical (unpaired) electrons. The molecular weight excluding hydrogens is 302 g/mol. The summed E-state index contributed by atoms with van der Waals surface area (Å²) in [5, 5.41) is 3.16. The molecule has 5 heteroatoms. The number of esters is 1. The predicted molar refractivity (Wildman–Crippen MR) is 73.1 cm³/mol. The van der Waals surface area contributed by atoms with E-state index in [9.17, 15) is 4.79 Å². The van der Waals surface area contributed by atoms with Crippen LogP contribution in [0.25, 0.3) is 0 Å². The molecule has 1 fully saturated rings. The maximum atomic E-state index is 11.8. The second-order valence-electron chi connectivity index (χ2n) is 3.78. The van der Waals surface area contributed by atoms with Crippen molar-refractivity contribution in [2.75, 3.05) is 18.1 Å². The Balaban J connectivity index is 1.85. The van der Waals surface area contributed by atoms with Crippen LogP contribution >= 0.6 is 27.7 Å². The molecule has 1 aliphatic heterocycles. The van der Waals surface area contributed by atoms with Crippen molar-refractivity contribution < 1.29 is 9.53 Å². The van der Waals surface area contributed by atoms with Gasteiger partial charge < -0.3 is 10.1 Å². The minimum absolute atomic E-state index is 0.156. The number of nitrogens with one attached hydrogen (secondary N) is 1. The first-order valence-corrected chi connectivity index (χ1v) is 7.43. The lowest BCUT2D eigenvalue weighted by molar-refractivity contribution is -0.146. The van der Waals surface area contributed by atoms with Gasteiger partial charge in [0.2, 0.25) is 0 Å². The van der Waals surface area contributed by atoms with Crippen LogP contribution in [0.15, 0.2) is 28.7 Å². The zero-order valence-electron chi connectivity index (χ0n) is 9.32. The molecule has 1 N–H and O–H groups in total. The smallest absolute Gasteiger partial charge is 0.324 e. The van der Waals surface area contributed by atoms with E-state index in [1.807, 2.05) is 24.3 Å². The number of hydrogen-bond acceptors (Lipinski definition) is 4. The van der Waals surface area contributed by atoms with E-state index in [0.717, 1.165) is 28.1 Å². The SMILES string of the molecule is O=C(OCc1ccccc1Br)C1CSCCN1. The van der Waals surface area contributed by atoms with Crippen LogP contribution in [-0.2, 0) is 16.1 Å². The van der Waals surface area contributed by atoms with Crippen LogP contribution in [0.2, 0.25) is 0 Å². The average Bonchev–Trinajstić information content (AvgIpc) is 2.38. The molecule has 1 aromatic rings. The molecule has 1 saturated heterocycles. The summed E-state index contributed by atoms with van der Waals surface area (Å²) in [5.41, 5.74) is 0.990. The van der Waals surface area contributed by atoms with Crippen LogP contribution in [0.5, 0.6) is 0 Å². The Morgan fingerprint density at radius 2 is 2.35 bits per heavy atom. The first-order valence-electron chi connectivity index (χ1n) is 5.48. The lowest BCUT2D eigenvalue weighted by atomic mass is 10.2. The summed E-state index contributed by atoms with van der Waals surface area (Å²) in [6.45, 7) is 1.20. The second-order valence-corrected chi connectivity index (χ2v) is 5.78. The minimum Gasteiger partial charge on any atom is -0.460 e. The van der Waals surface area contributed by atoms with Gasteiger partial charge in [0.25, 0.3) is 0 Å². The number of thioether (sulfide) groups is 1. The number of hydrogen-bond donors (Lipinski definition) is 1. The largest absolute Gasteiger partial charge is 0.460 e. The summed E-state index contributed by atoms with van der Waals surface area (Å²) in [5.74, 6) is 1.70. The molecule has 92 valence electrons. The van der Waals surface area contributed by atoms with Gasteiger partial charge >= 0.3 is 5.97 Å². The lowest BCUT2D eigenvalue weighted by Gasteiger charge is -2.21. The molecule has 1 aliphatic rings. The van der Waals surface area contributed by atoms with Crippen LogP contribution in [0.4, 0.5) is 0 Å². The molecule has 1 heterocycles. The topological polar surface area (TPSA) is 38.3 Å². The molecule has 0 amide bonds. The van der Waals surface area contributed by atoms with Crippen LogP contribution in [0, 0.1) is 0 Å².